The molecule has 1 atom stereocenters. The van der Waals surface area contributed by atoms with E-state index in [0.29, 0.717) is 26.9 Å². The first-order chi connectivity index (χ1) is 11.9. The zero-order chi connectivity index (χ0) is 18.4. The van der Waals surface area contributed by atoms with Crippen LogP contribution in [0.2, 0.25) is 10.0 Å². The van der Waals surface area contributed by atoms with Crippen LogP contribution in [0.25, 0.3) is 0 Å². The fraction of sp³-hybridized carbons (Fsp3) is 0.222. The fourth-order valence-electron chi connectivity index (χ4n) is 2.34. The third-order valence-corrected chi connectivity index (χ3v) is 3.88. The van der Waals surface area contributed by atoms with Crippen molar-refractivity contribution < 1.29 is 14.3 Å². The van der Waals surface area contributed by atoms with Crippen molar-refractivity contribution in [1.82, 2.24) is 5.32 Å². The van der Waals surface area contributed by atoms with Crippen LogP contribution in [-0.2, 0) is 16.0 Å². The highest BCUT2D eigenvalue weighted by molar-refractivity contribution is 6.34. The average molecular weight is 381 g/mol. The minimum atomic E-state index is -0.887. The number of hydrogen-bond acceptors (Lipinski definition) is 4. The maximum atomic E-state index is 12.5. The van der Waals surface area contributed by atoms with E-state index in [1.54, 1.807) is 49.4 Å². The van der Waals surface area contributed by atoms with Crippen LogP contribution in [0.3, 0.4) is 0 Å². The van der Waals surface area contributed by atoms with Gasteiger partial charge in [-0.25, -0.2) is 4.79 Å². The second-order valence-corrected chi connectivity index (χ2v) is 6.22. The zero-order valence-corrected chi connectivity index (χ0v) is 15.1. The Balaban J connectivity index is 2.22. The van der Waals surface area contributed by atoms with Gasteiger partial charge in [-0.1, -0.05) is 35.3 Å². The van der Waals surface area contributed by atoms with E-state index >= 15 is 0 Å². The van der Waals surface area contributed by atoms with Crippen LogP contribution in [0.15, 0.2) is 42.5 Å². The summed E-state index contributed by atoms with van der Waals surface area (Å²) in [6, 6.07) is 10.7. The van der Waals surface area contributed by atoms with Crippen molar-refractivity contribution in [3.63, 3.8) is 0 Å². The van der Waals surface area contributed by atoms with Gasteiger partial charge in [0, 0.05) is 22.2 Å². The second kappa shape index (κ2) is 8.74. The molecule has 2 aromatic carbocycles. The summed E-state index contributed by atoms with van der Waals surface area (Å²) in [5, 5.41) is 3.56. The van der Waals surface area contributed by atoms with Gasteiger partial charge in [0.1, 0.15) is 6.04 Å². The molecule has 0 fully saturated rings. The smallest absolute Gasteiger partial charge is 0.328 e. The number of carbonyl (C=O) groups excluding carboxylic acids is 2. The van der Waals surface area contributed by atoms with Gasteiger partial charge in [0.05, 0.1) is 12.2 Å². The first kappa shape index (κ1) is 19.1. The lowest BCUT2D eigenvalue weighted by Crippen LogP contribution is -2.43. The van der Waals surface area contributed by atoms with Crippen LogP contribution in [0.1, 0.15) is 22.8 Å². The molecule has 0 saturated carbocycles. The number of benzene rings is 2. The number of ether oxygens (including phenoxy) is 1. The van der Waals surface area contributed by atoms with Crippen molar-refractivity contribution in [3.8, 4) is 0 Å². The molecule has 0 heterocycles. The largest absolute Gasteiger partial charge is 0.464 e. The summed E-state index contributed by atoms with van der Waals surface area (Å²) in [5.41, 5.74) is 7.14. The van der Waals surface area contributed by atoms with E-state index in [9.17, 15) is 9.59 Å². The summed E-state index contributed by atoms with van der Waals surface area (Å²) in [7, 11) is 0. The van der Waals surface area contributed by atoms with Crippen molar-refractivity contribution in [2.75, 3.05) is 12.3 Å². The number of nitrogen functional groups attached to an aromatic ring is 1. The lowest BCUT2D eigenvalue weighted by Gasteiger charge is -2.18. The number of nitrogens with two attached hydrogens (primary N) is 1. The SMILES string of the molecule is CCOC(=O)C(Cc1cc(Cl)cc(Cl)c1)NC(=O)c1ccccc1N. The monoisotopic (exact) mass is 380 g/mol. The van der Waals surface area contributed by atoms with Crippen LogP contribution in [0.4, 0.5) is 5.69 Å². The predicted molar refractivity (Wildman–Crippen MR) is 98.9 cm³/mol. The summed E-state index contributed by atoms with van der Waals surface area (Å²) in [6.45, 7) is 1.90. The molecule has 25 heavy (non-hydrogen) atoms. The molecule has 132 valence electrons. The molecule has 7 heteroatoms. The van der Waals surface area contributed by atoms with Gasteiger partial charge in [-0.15, -0.1) is 0 Å². The maximum Gasteiger partial charge on any atom is 0.328 e. The van der Waals surface area contributed by atoms with Gasteiger partial charge in [-0.05, 0) is 42.8 Å². The van der Waals surface area contributed by atoms with Gasteiger partial charge in [0.2, 0.25) is 0 Å². The lowest BCUT2D eigenvalue weighted by molar-refractivity contribution is -0.145. The molecule has 0 spiro atoms. The molecule has 0 aromatic heterocycles. The van der Waals surface area contributed by atoms with Crippen LogP contribution in [0, 0.1) is 0 Å². The van der Waals surface area contributed by atoms with Crippen molar-refractivity contribution in [2.45, 2.75) is 19.4 Å². The lowest BCUT2D eigenvalue weighted by atomic mass is 10.0. The molecular formula is C18H18Cl2N2O3. The number of halogens is 2. The summed E-state index contributed by atoms with van der Waals surface area (Å²) >= 11 is 12.0. The Morgan fingerprint density at radius 1 is 1.16 bits per heavy atom. The topological polar surface area (TPSA) is 81.4 Å². The molecule has 0 radical (unpaired) electrons. The van der Waals surface area contributed by atoms with Crippen molar-refractivity contribution in [3.05, 3.63) is 63.6 Å². The van der Waals surface area contributed by atoms with Gasteiger partial charge >= 0.3 is 5.97 Å². The molecule has 0 aliphatic carbocycles. The predicted octanol–water partition coefficient (Wildman–Crippen LogP) is 3.48. The molecule has 0 bridgehead atoms. The average Bonchev–Trinajstić information content (AvgIpc) is 2.53. The standard InChI is InChI=1S/C18H18Cl2N2O3/c1-2-25-18(24)16(9-11-7-12(19)10-13(20)8-11)22-17(23)14-5-3-4-6-15(14)21/h3-8,10,16H,2,9,21H2,1H3,(H,22,23). The highest BCUT2D eigenvalue weighted by Gasteiger charge is 2.24. The van der Waals surface area contributed by atoms with Gasteiger partial charge < -0.3 is 15.8 Å². The Kier molecular flexibility index (Phi) is 6.67. The fourth-order valence-corrected chi connectivity index (χ4v) is 2.91. The number of anilines is 1. The summed E-state index contributed by atoms with van der Waals surface area (Å²) < 4.78 is 5.05. The Bertz CT molecular complexity index is 760. The normalized spacial score (nSPS) is 11.6. The second-order valence-electron chi connectivity index (χ2n) is 5.35. The van der Waals surface area contributed by atoms with E-state index in [1.807, 2.05) is 0 Å². The summed E-state index contributed by atoms with van der Waals surface area (Å²) in [6.07, 6.45) is 0.192. The number of hydrogen-bond donors (Lipinski definition) is 2. The Hall–Kier alpha value is -2.24. The molecule has 5 nitrogen and oxygen atoms in total. The number of nitrogens with one attached hydrogen (secondary N) is 1. The Labute approximate surface area is 156 Å². The van der Waals surface area contributed by atoms with Crippen LogP contribution in [0.5, 0.6) is 0 Å². The first-order valence-electron chi connectivity index (χ1n) is 7.67. The number of para-hydroxylation sites is 1. The van der Waals surface area contributed by atoms with Gasteiger partial charge in [-0.2, -0.15) is 0 Å². The zero-order valence-electron chi connectivity index (χ0n) is 13.6. The third kappa shape index (κ3) is 5.37. The third-order valence-electron chi connectivity index (χ3n) is 3.44. The van der Waals surface area contributed by atoms with Crippen molar-refractivity contribution in [1.29, 1.82) is 0 Å². The number of amides is 1. The molecule has 3 N–H and O–H groups in total. The first-order valence-corrected chi connectivity index (χ1v) is 8.43. The minimum Gasteiger partial charge on any atom is -0.464 e. The number of esters is 1. The van der Waals surface area contributed by atoms with Crippen molar-refractivity contribution >= 4 is 40.8 Å². The summed E-state index contributed by atoms with van der Waals surface area (Å²) in [4.78, 5) is 24.7. The van der Waals surface area contributed by atoms with E-state index in [1.165, 1.54) is 0 Å². The van der Waals surface area contributed by atoms with E-state index in [4.69, 9.17) is 33.7 Å². The van der Waals surface area contributed by atoms with E-state index < -0.39 is 17.9 Å². The van der Waals surface area contributed by atoms with Crippen LogP contribution >= 0.6 is 23.2 Å². The molecule has 2 rings (SSSR count). The summed E-state index contributed by atoms with van der Waals surface area (Å²) in [5.74, 6) is -0.995. The minimum absolute atomic E-state index is 0.192. The highest BCUT2D eigenvalue weighted by atomic mass is 35.5. The molecule has 0 aliphatic heterocycles. The van der Waals surface area contributed by atoms with E-state index in [-0.39, 0.29) is 13.0 Å². The Morgan fingerprint density at radius 2 is 1.80 bits per heavy atom. The molecule has 0 saturated heterocycles. The van der Waals surface area contributed by atoms with E-state index in [2.05, 4.69) is 5.32 Å². The molecule has 0 aliphatic rings. The van der Waals surface area contributed by atoms with Gasteiger partial charge in [-0.3, -0.25) is 4.79 Å². The molecule has 2 aromatic rings. The van der Waals surface area contributed by atoms with E-state index in [0.717, 1.165) is 0 Å². The Morgan fingerprint density at radius 3 is 2.40 bits per heavy atom. The molecular weight excluding hydrogens is 363 g/mol. The molecule has 1 unspecified atom stereocenters. The maximum absolute atomic E-state index is 12.5. The van der Waals surface area contributed by atoms with Gasteiger partial charge in [0.15, 0.2) is 0 Å². The number of carbonyl (C=O) groups is 2. The van der Waals surface area contributed by atoms with Crippen LogP contribution < -0.4 is 11.1 Å². The molecule has 1 amide bonds. The van der Waals surface area contributed by atoms with Crippen LogP contribution in [-0.4, -0.2) is 24.5 Å². The quantitative estimate of drug-likeness (QED) is 0.593. The van der Waals surface area contributed by atoms with Gasteiger partial charge in [0.25, 0.3) is 5.91 Å². The van der Waals surface area contributed by atoms with Crippen molar-refractivity contribution in [2.24, 2.45) is 0 Å². The number of rotatable bonds is 6. The highest BCUT2D eigenvalue weighted by Crippen LogP contribution is 2.20.